The largest absolute Gasteiger partial charge is 0.396 e. The van der Waals surface area contributed by atoms with E-state index in [0.29, 0.717) is 35.5 Å². The van der Waals surface area contributed by atoms with Crippen LogP contribution in [0.25, 0.3) is 0 Å². The molecule has 4 N–H and O–H groups in total. The van der Waals surface area contributed by atoms with E-state index in [0.717, 1.165) is 57.8 Å². The second kappa shape index (κ2) is 8.65. The van der Waals surface area contributed by atoms with Crippen molar-refractivity contribution in [3.05, 3.63) is 0 Å². The van der Waals surface area contributed by atoms with Crippen LogP contribution in [-0.2, 0) is 0 Å². The predicted octanol–water partition coefficient (Wildman–Crippen LogP) is 4.14. The molecule has 0 radical (unpaired) electrons. The Morgan fingerprint density at radius 3 is 2.40 bits per heavy atom. The highest BCUT2D eigenvalue weighted by Gasteiger charge is 2.65. The van der Waals surface area contributed by atoms with E-state index in [1.807, 2.05) is 0 Å². The van der Waals surface area contributed by atoms with Crippen LogP contribution in [0, 0.1) is 46.3 Å². The first kappa shape index (κ1) is 23.0. The molecule has 4 nitrogen and oxygen atoms in total. The molecule has 174 valence electrons. The van der Waals surface area contributed by atoms with E-state index in [4.69, 9.17) is 5.11 Å². The molecule has 4 fully saturated rings. The van der Waals surface area contributed by atoms with Crippen LogP contribution in [0.1, 0.15) is 91.4 Å². The highest BCUT2D eigenvalue weighted by molar-refractivity contribution is 5.14. The van der Waals surface area contributed by atoms with Crippen LogP contribution in [0.2, 0.25) is 0 Å². The summed E-state index contributed by atoms with van der Waals surface area (Å²) in [5.74, 6) is 2.59. The van der Waals surface area contributed by atoms with Gasteiger partial charge in [0.1, 0.15) is 0 Å². The van der Waals surface area contributed by atoms with Gasteiger partial charge in [-0.1, -0.05) is 40.0 Å². The summed E-state index contributed by atoms with van der Waals surface area (Å²) in [5, 5.41) is 42.2. The van der Waals surface area contributed by atoms with Crippen molar-refractivity contribution in [1.29, 1.82) is 0 Å². The summed E-state index contributed by atoms with van der Waals surface area (Å²) in [6.45, 7) is 7.40. The number of aliphatic hydroxyl groups excluding tert-OH is 4. The van der Waals surface area contributed by atoms with E-state index in [-0.39, 0.29) is 35.7 Å². The SMILES string of the molecule is C[C@H](CCCCCO)[C@H]1CC[C@H]2[C@@H]3[C@H](O)C[C@@H]4C[C@H](O)CC[C@]4(C)[C@H]3C[C@H](O)[C@]12C. The van der Waals surface area contributed by atoms with Gasteiger partial charge in [-0.05, 0) is 97.7 Å². The monoisotopic (exact) mass is 422 g/mol. The molecule has 0 aliphatic heterocycles. The second-order valence-electron chi connectivity index (χ2n) is 12.1. The van der Waals surface area contributed by atoms with Gasteiger partial charge in [0.2, 0.25) is 0 Å². The van der Waals surface area contributed by atoms with Gasteiger partial charge in [0.25, 0.3) is 0 Å². The smallest absolute Gasteiger partial charge is 0.0602 e. The Balaban J connectivity index is 1.54. The van der Waals surface area contributed by atoms with E-state index in [9.17, 15) is 15.3 Å². The van der Waals surface area contributed by atoms with Gasteiger partial charge in [-0.3, -0.25) is 0 Å². The van der Waals surface area contributed by atoms with Crippen molar-refractivity contribution in [3.8, 4) is 0 Å². The molecule has 30 heavy (non-hydrogen) atoms. The first-order valence-electron chi connectivity index (χ1n) is 12.9. The summed E-state index contributed by atoms with van der Waals surface area (Å²) in [5.41, 5.74) is 0.0648. The number of aliphatic hydroxyl groups is 4. The lowest BCUT2D eigenvalue weighted by Gasteiger charge is -2.63. The van der Waals surface area contributed by atoms with Crippen LogP contribution in [0.5, 0.6) is 0 Å². The zero-order chi connectivity index (χ0) is 21.7. The lowest BCUT2D eigenvalue weighted by atomic mass is 9.43. The maximum absolute atomic E-state index is 11.6. The highest BCUT2D eigenvalue weighted by Crippen LogP contribution is 2.68. The topological polar surface area (TPSA) is 80.9 Å². The van der Waals surface area contributed by atoms with Crippen LogP contribution in [-0.4, -0.2) is 45.3 Å². The minimum atomic E-state index is -0.286. The van der Waals surface area contributed by atoms with Crippen LogP contribution in [0.3, 0.4) is 0 Å². The van der Waals surface area contributed by atoms with Crippen molar-refractivity contribution in [2.24, 2.45) is 46.3 Å². The van der Waals surface area contributed by atoms with E-state index in [1.165, 1.54) is 12.8 Å². The van der Waals surface area contributed by atoms with Gasteiger partial charge in [0.15, 0.2) is 0 Å². The number of rotatable bonds is 6. The molecule has 4 aliphatic carbocycles. The molecule has 11 atom stereocenters. The molecule has 4 saturated carbocycles. The maximum atomic E-state index is 11.6. The van der Waals surface area contributed by atoms with Gasteiger partial charge >= 0.3 is 0 Å². The van der Waals surface area contributed by atoms with Crippen molar-refractivity contribution in [1.82, 2.24) is 0 Å². The molecule has 0 bridgehead atoms. The standard InChI is InChI=1S/C26H46O4/c1-16(7-5-4-6-12-27)19-8-9-20-24-21(15-23(30)26(19,20)3)25(2)11-10-18(28)13-17(25)14-22(24)29/h16-24,27-30H,4-15H2,1-3H3/t16-,17+,18-,19-,20+,21+,22-,23+,24+,25+,26-/m1/s1. The van der Waals surface area contributed by atoms with Gasteiger partial charge in [0, 0.05) is 6.61 Å². The zero-order valence-corrected chi connectivity index (χ0v) is 19.5. The molecule has 0 spiro atoms. The lowest BCUT2D eigenvalue weighted by molar-refractivity contribution is -0.207. The van der Waals surface area contributed by atoms with Crippen molar-refractivity contribution in [3.63, 3.8) is 0 Å². The Labute approximate surface area is 183 Å². The summed E-state index contributed by atoms with van der Waals surface area (Å²) in [6.07, 6.45) is 10.2. The molecule has 0 heterocycles. The number of hydrogen-bond donors (Lipinski definition) is 4. The van der Waals surface area contributed by atoms with Crippen molar-refractivity contribution >= 4 is 0 Å². The Bertz CT molecular complexity index is 596. The van der Waals surface area contributed by atoms with E-state index in [1.54, 1.807) is 0 Å². The molecule has 0 aromatic rings. The zero-order valence-electron chi connectivity index (χ0n) is 19.5. The highest BCUT2D eigenvalue weighted by atomic mass is 16.3. The third kappa shape index (κ3) is 3.58. The summed E-state index contributed by atoms with van der Waals surface area (Å²) < 4.78 is 0. The van der Waals surface area contributed by atoms with Gasteiger partial charge in [-0.2, -0.15) is 0 Å². The summed E-state index contributed by atoms with van der Waals surface area (Å²) >= 11 is 0. The first-order chi connectivity index (χ1) is 14.2. The van der Waals surface area contributed by atoms with Gasteiger partial charge in [-0.15, -0.1) is 0 Å². The normalized spacial score (nSPS) is 51.7. The molecule has 0 aromatic carbocycles. The average Bonchev–Trinajstić information content (AvgIpc) is 3.06. The quantitative estimate of drug-likeness (QED) is 0.485. The molecule has 0 saturated heterocycles. The Morgan fingerprint density at radius 1 is 0.900 bits per heavy atom. The molecule has 0 amide bonds. The summed E-state index contributed by atoms with van der Waals surface area (Å²) in [7, 11) is 0. The van der Waals surface area contributed by atoms with Gasteiger partial charge in [0.05, 0.1) is 18.3 Å². The van der Waals surface area contributed by atoms with Crippen LogP contribution in [0.15, 0.2) is 0 Å². The van der Waals surface area contributed by atoms with Gasteiger partial charge < -0.3 is 20.4 Å². The Morgan fingerprint density at radius 2 is 1.67 bits per heavy atom. The second-order valence-corrected chi connectivity index (χ2v) is 12.1. The molecule has 4 heteroatoms. The van der Waals surface area contributed by atoms with Crippen molar-refractivity contribution in [2.45, 2.75) is 110 Å². The minimum Gasteiger partial charge on any atom is -0.396 e. The number of hydrogen-bond acceptors (Lipinski definition) is 4. The summed E-state index contributed by atoms with van der Waals surface area (Å²) in [6, 6.07) is 0. The van der Waals surface area contributed by atoms with E-state index < -0.39 is 0 Å². The molecule has 0 unspecified atom stereocenters. The van der Waals surface area contributed by atoms with Crippen LogP contribution >= 0.6 is 0 Å². The average molecular weight is 423 g/mol. The maximum Gasteiger partial charge on any atom is 0.0602 e. The first-order valence-corrected chi connectivity index (χ1v) is 12.9. The van der Waals surface area contributed by atoms with Gasteiger partial charge in [-0.25, -0.2) is 0 Å². The third-order valence-corrected chi connectivity index (χ3v) is 10.8. The minimum absolute atomic E-state index is 0.0874. The molecule has 0 aromatic heterocycles. The molecule has 4 rings (SSSR count). The van der Waals surface area contributed by atoms with Crippen LogP contribution < -0.4 is 0 Å². The molecular formula is C26H46O4. The predicted molar refractivity (Wildman–Crippen MR) is 119 cm³/mol. The van der Waals surface area contributed by atoms with E-state index in [2.05, 4.69) is 20.8 Å². The van der Waals surface area contributed by atoms with Crippen molar-refractivity contribution in [2.75, 3.05) is 6.61 Å². The van der Waals surface area contributed by atoms with Crippen LogP contribution in [0.4, 0.5) is 0 Å². The fourth-order valence-electron chi connectivity index (χ4n) is 9.09. The molecular weight excluding hydrogens is 376 g/mol. The molecule has 4 aliphatic rings. The number of fused-ring (bicyclic) bond motifs is 5. The Hall–Kier alpha value is -0.160. The fourth-order valence-corrected chi connectivity index (χ4v) is 9.09. The lowest BCUT2D eigenvalue weighted by Crippen LogP contribution is -2.62. The van der Waals surface area contributed by atoms with Crippen molar-refractivity contribution < 1.29 is 20.4 Å². The Kier molecular flexibility index (Phi) is 6.63. The fraction of sp³-hybridized carbons (Fsp3) is 1.00. The number of unbranched alkanes of at least 4 members (excludes halogenated alkanes) is 2. The summed E-state index contributed by atoms with van der Waals surface area (Å²) in [4.78, 5) is 0. The third-order valence-electron chi connectivity index (χ3n) is 10.8. The van der Waals surface area contributed by atoms with E-state index >= 15 is 0 Å².